The van der Waals surface area contributed by atoms with E-state index >= 15 is 0 Å². The van der Waals surface area contributed by atoms with Crippen LogP contribution in [0.25, 0.3) is 0 Å². The van der Waals surface area contributed by atoms with Gasteiger partial charge >= 0.3 is 0 Å². The number of hydrogen-bond donors (Lipinski definition) is 0. The third-order valence-electron chi connectivity index (χ3n) is 7.34. The first-order valence-corrected chi connectivity index (χ1v) is 15.0. The van der Waals surface area contributed by atoms with Crippen LogP contribution in [-0.4, -0.2) is 59.7 Å². The molecule has 0 aliphatic carbocycles. The predicted molar refractivity (Wildman–Crippen MR) is 162 cm³/mol. The fraction of sp³-hybridized carbons (Fsp3) is 0.367. The third kappa shape index (κ3) is 8.14. The van der Waals surface area contributed by atoms with Crippen molar-refractivity contribution in [3.05, 3.63) is 99.5 Å². The molecule has 1 fully saturated rings. The summed E-state index contributed by atoms with van der Waals surface area (Å²) in [5.74, 6) is 0.702. The summed E-state index contributed by atoms with van der Waals surface area (Å²) in [6.45, 7) is 3.64. The number of benzene rings is 3. The van der Waals surface area contributed by atoms with Crippen molar-refractivity contribution in [1.29, 1.82) is 0 Å². The van der Waals surface area contributed by atoms with Crippen LogP contribution in [0.5, 0.6) is 0 Å². The molecule has 0 radical (unpaired) electrons. The molecule has 2 unspecified atom stereocenters. The molecule has 0 spiro atoms. The SMILES string of the molecule is CN(CC(CCN1CCC(c2ccc([S+](C)[O-])cc2)CC1)c1ccc(Cl)c(Cl)c1)C(=O)c1ccccc1.Cl. The highest BCUT2D eigenvalue weighted by Gasteiger charge is 2.24. The first kappa shape index (κ1) is 30.8. The Kier molecular flexibility index (Phi) is 11.8. The molecule has 4 nitrogen and oxygen atoms in total. The molecule has 0 N–H and O–H groups in total. The van der Waals surface area contributed by atoms with E-state index in [1.807, 2.05) is 72.6 Å². The molecule has 2 atom stereocenters. The van der Waals surface area contributed by atoms with Crippen LogP contribution in [0.15, 0.2) is 77.7 Å². The summed E-state index contributed by atoms with van der Waals surface area (Å²) in [6.07, 6.45) is 4.86. The van der Waals surface area contributed by atoms with Gasteiger partial charge in [-0.15, -0.1) is 12.4 Å². The van der Waals surface area contributed by atoms with Crippen molar-refractivity contribution in [2.24, 2.45) is 0 Å². The van der Waals surface area contributed by atoms with Crippen molar-refractivity contribution in [3.63, 3.8) is 0 Å². The topological polar surface area (TPSA) is 46.6 Å². The quantitative estimate of drug-likeness (QED) is 0.245. The van der Waals surface area contributed by atoms with Crippen molar-refractivity contribution >= 4 is 52.7 Å². The van der Waals surface area contributed by atoms with Crippen molar-refractivity contribution in [2.75, 3.05) is 39.5 Å². The number of halogens is 3. The first-order valence-electron chi connectivity index (χ1n) is 12.7. The van der Waals surface area contributed by atoms with E-state index in [0.29, 0.717) is 28.1 Å². The van der Waals surface area contributed by atoms with Crippen molar-refractivity contribution in [1.82, 2.24) is 9.80 Å². The smallest absolute Gasteiger partial charge is 0.253 e. The Hall–Kier alpha value is -1.73. The molecule has 3 aromatic rings. The van der Waals surface area contributed by atoms with E-state index in [0.717, 1.165) is 49.4 Å². The monoisotopic (exact) mass is 592 g/mol. The fourth-order valence-electron chi connectivity index (χ4n) is 5.10. The van der Waals surface area contributed by atoms with Crippen LogP contribution < -0.4 is 0 Å². The van der Waals surface area contributed by atoms with Gasteiger partial charge in [-0.2, -0.15) is 0 Å². The Bertz CT molecular complexity index is 1170. The number of rotatable bonds is 9. The van der Waals surface area contributed by atoms with Crippen molar-refractivity contribution < 1.29 is 9.35 Å². The molecule has 1 aliphatic heterocycles. The number of likely N-dealkylation sites (tertiary alicyclic amines) is 1. The summed E-state index contributed by atoms with van der Waals surface area (Å²) in [6, 6.07) is 23.5. The molecule has 0 aromatic heterocycles. The summed E-state index contributed by atoms with van der Waals surface area (Å²) >= 11 is 11.6. The second-order valence-corrected chi connectivity index (χ2v) is 12.0. The maximum atomic E-state index is 13.0. The van der Waals surface area contributed by atoms with E-state index in [2.05, 4.69) is 17.0 Å². The number of piperidine rings is 1. The second-order valence-electron chi connectivity index (χ2n) is 9.85. The van der Waals surface area contributed by atoms with Gasteiger partial charge in [-0.25, -0.2) is 0 Å². The molecule has 1 heterocycles. The van der Waals surface area contributed by atoms with Crippen LogP contribution in [-0.2, 0) is 11.2 Å². The molecule has 0 bridgehead atoms. The minimum Gasteiger partial charge on any atom is -0.612 e. The first-order chi connectivity index (χ1) is 17.8. The van der Waals surface area contributed by atoms with Gasteiger partial charge in [-0.05, 0) is 104 Å². The van der Waals surface area contributed by atoms with E-state index in [-0.39, 0.29) is 24.2 Å². The summed E-state index contributed by atoms with van der Waals surface area (Å²) in [4.78, 5) is 18.2. The van der Waals surface area contributed by atoms with Gasteiger partial charge in [0.05, 0.1) is 10.0 Å². The summed E-state index contributed by atoms with van der Waals surface area (Å²) in [5.41, 5.74) is 3.13. The fourth-order valence-corrected chi connectivity index (χ4v) is 5.93. The Balaban J connectivity index is 0.00000400. The third-order valence-corrected chi connectivity index (χ3v) is 9.02. The largest absolute Gasteiger partial charge is 0.612 e. The molecule has 1 aliphatic rings. The lowest BCUT2D eigenvalue weighted by atomic mass is 9.89. The van der Waals surface area contributed by atoms with Gasteiger partial charge in [-0.3, -0.25) is 4.79 Å². The minimum atomic E-state index is -0.941. The zero-order chi connectivity index (χ0) is 26.4. The lowest BCUT2D eigenvalue weighted by Gasteiger charge is -2.34. The van der Waals surface area contributed by atoms with Crippen molar-refractivity contribution in [3.8, 4) is 0 Å². The molecule has 0 saturated carbocycles. The van der Waals surface area contributed by atoms with Gasteiger partial charge in [0, 0.05) is 25.1 Å². The van der Waals surface area contributed by atoms with E-state index in [1.54, 1.807) is 6.26 Å². The molecular formula is C30H35Cl3N2O2S. The van der Waals surface area contributed by atoms with Gasteiger partial charge in [0.1, 0.15) is 6.26 Å². The zero-order valence-electron chi connectivity index (χ0n) is 21.8. The zero-order valence-corrected chi connectivity index (χ0v) is 25.0. The van der Waals surface area contributed by atoms with Gasteiger partial charge < -0.3 is 14.4 Å². The molecular weight excluding hydrogens is 559 g/mol. The number of amides is 1. The molecule has 4 rings (SSSR count). The van der Waals surface area contributed by atoms with Crippen molar-refractivity contribution in [2.45, 2.75) is 36.0 Å². The standard InChI is InChI=1S/C30H34Cl2N2O2S.ClH/c1-33(30(35)24-6-4-3-5-7-24)21-26(25-10-13-28(31)29(32)20-25)16-19-34-17-14-23(15-18-34)22-8-11-27(12-9-22)37(2)36;/h3-13,20,23,26H,14-19,21H2,1-2H3;1H. The summed E-state index contributed by atoms with van der Waals surface area (Å²) in [7, 11) is 1.87. The normalized spacial score (nSPS) is 15.9. The van der Waals surface area contributed by atoms with Crippen LogP contribution in [0.2, 0.25) is 10.0 Å². The Morgan fingerprint density at radius 2 is 1.68 bits per heavy atom. The Morgan fingerprint density at radius 3 is 2.29 bits per heavy atom. The number of carbonyl (C=O) groups excluding carboxylic acids is 1. The number of nitrogens with zero attached hydrogens (tertiary/aromatic N) is 2. The number of hydrogen-bond acceptors (Lipinski definition) is 3. The average molecular weight is 594 g/mol. The maximum absolute atomic E-state index is 13.0. The molecule has 8 heteroatoms. The summed E-state index contributed by atoms with van der Waals surface area (Å²) < 4.78 is 11.7. The predicted octanol–water partition coefficient (Wildman–Crippen LogP) is 7.28. The molecule has 3 aromatic carbocycles. The Morgan fingerprint density at radius 1 is 1.03 bits per heavy atom. The molecule has 38 heavy (non-hydrogen) atoms. The highest BCUT2D eigenvalue weighted by Crippen LogP contribution is 2.32. The van der Waals surface area contributed by atoms with Gasteiger partial charge in [-0.1, -0.05) is 59.6 Å². The maximum Gasteiger partial charge on any atom is 0.253 e. The van der Waals surface area contributed by atoms with Gasteiger partial charge in [0.2, 0.25) is 0 Å². The second kappa shape index (κ2) is 14.6. The highest BCUT2D eigenvalue weighted by atomic mass is 35.5. The molecule has 204 valence electrons. The minimum absolute atomic E-state index is 0. The van der Waals surface area contributed by atoms with Crippen LogP contribution >= 0.6 is 35.6 Å². The number of likely N-dealkylation sites (N-methyl/N-ethyl adjacent to an activating group) is 1. The van der Waals surface area contributed by atoms with Crippen LogP contribution in [0.4, 0.5) is 0 Å². The van der Waals surface area contributed by atoms with Crippen LogP contribution in [0.1, 0.15) is 52.6 Å². The number of carbonyl (C=O) groups is 1. The summed E-state index contributed by atoms with van der Waals surface area (Å²) in [5, 5.41) is 1.08. The van der Waals surface area contributed by atoms with E-state index in [1.165, 1.54) is 5.56 Å². The van der Waals surface area contributed by atoms with Crippen LogP contribution in [0, 0.1) is 0 Å². The highest BCUT2D eigenvalue weighted by molar-refractivity contribution is 7.90. The van der Waals surface area contributed by atoms with Gasteiger partial charge in [0.15, 0.2) is 4.90 Å². The Labute approximate surface area is 245 Å². The van der Waals surface area contributed by atoms with Crippen LogP contribution in [0.3, 0.4) is 0 Å². The van der Waals surface area contributed by atoms with E-state index in [4.69, 9.17) is 23.2 Å². The molecule has 1 amide bonds. The molecule has 1 saturated heterocycles. The van der Waals surface area contributed by atoms with E-state index in [9.17, 15) is 9.35 Å². The lowest BCUT2D eigenvalue weighted by molar-refractivity contribution is 0.0781. The van der Waals surface area contributed by atoms with E-state index < -0.39 is 11.2 Å². The average Bonchev–Trinajstić information content (AvgIpc) is 2.93. The van der Waals surface area contributed by atoms with Gasteiger partial charge in [0.25, 0.3) is 5.91 Å². The lowest BCUT2D eigenvalue weighted by Crippen LogP contribution is -2.36.